The molecule has 0 aliphatic rings. The van der Waals surface area contributed by atoms with Gasteiger partial charge in [-0.25, -0.2) is 0 Å². The molecular formula is C47H89NO5. The number of aliphatic hydroxyl groups excluding tert-OH is 4. The maximum absolute atomic E-state index is 12.5. The molecule has 0 aromatic rings. The maximum Gasteiger partial charge on any atom is 0.249 e. The average molecular weight is 748 g/mol. The molecule has 6 heteroatoms. The van der Waals surface area contributed by atoms with Crippen LogP contribution >= 0.6 is 0 Å². The van der Waals surface area contributed by atoms with Gasteiger partial charge in [0.1, 0.15) is 12.2 Å². The number of nitrogens with one attached hydrogen (secondary N) is 1. The van der Waals surface area contributed by atoms with Crippen molar-refractivity contribution in [1.82, 2.24) is 5.32 Å². The lowest BCUT2D eigenvalue weighted by Crippen LogP contribution is -2.53. The Morgan fingerprint density at radius 2 is 0.849 bits per heavy atom. The first-order valence-electron chi connectivity index (χ1n) is 22.8. The van der Waals surface area contributed by atoms with E-state index in [1.165, 1.54) is 141 Å². The van der Waals surface area contributed by atoms with Gasteiger partial charge >= 0.3 is 0 Å². The van der Waals surface area contributed by atoms with Crippen molar-refractivity contribution in [2.45, 2.75) is 250 Å². The van der Waals surface area contributed by atoms with E-state index in [0.29, 0.717) is 19.3 Å². The van der Waals surface area contributed by atoms with Crippen LogP contribution in [-0.4, -0.2) is 57.3 Å². The molecule has 4 atom stereocenters. The van der Waals surface area contributed by atoms with Crippen molar-refractivity contribution < 1.29 is 25.2 Å². The molecule has 6 nitrogen and oxygen atoms in total. The molecule has 0 radical (unpaired) electrons. The zero-order chi connectivity index (χ0) is 38.9. The lowest BCUT2D eigenvalue weighted by molar-refractivity contribution is -0.132. The van der Waals surface area contributed by atoms with Crippen LogP contribution in [0.3, 0.4) is 0 Å². The summed E-state index contributed by atoms with van der Waals surface area (Å²) in [6, 6.07) is -1.01. The van der Waals surface area contributed by atoms with Crippen LogP contribution in [0.1, 0.15) is 226 Å². The number of allylic oxidation sites excluding steroid dienone is 6. The van der Waals surface area contributed by atoms with Crippen LogP contribution in [0.5, 0.6) is 0 Å². The zero-order valence-electron chi connectivity index (χ0n) is 35.0. The number of amides is 1. The SMILES string of the molecule is C/C=C/CC/C=C/CC/C=C/CCCC(O)C(O)C(CO)NC(=O)C(O)CCCCCCCCCCCCCCCCCCCCCCCCCCC. The summed E-state index contributed by atoms with van der Waals surface area (Å²) in [7, 11) is 0. The quantitative estimate of drug-likeness (QED) is 0.0316. The second-order valence-corrected chi connectivity index (χ2v) is 15.7. The van der Waals surface area contributed by atoms with Crippen LogP contribution in [0, 0.1) is 0 Å². The summed E-state index contributed by atoms with van der Waals surface area (Å²) in [6.07, 6.45) is 49.2. The highest BCUT2D eigenvalue weighted by atomic mass is 16.3. The number of hydrogen-bond donors (Lipinski definition) is 5. The van der Waals surface area contributed by atoms with Gasteiger partial charge in [-0.3, -0.25) is 4.79 Å². The highest BCUT2D eigenvalue weighted by Crippen LogP contribution is 2.17. The normalized spacial score (nSPS) is 14.5. The van der Waals surface area contributed by atoms with Crippen LogP contribution in [0.15, 0.2) is 36.5 Å². The molecule has 0 aliphatic heterocycles. The maximum atomic E-state index is 12.5. The van der Waals surface area contributed by atoms with Gasteiger partial charge in [-0.2, -0.15) is 0 Å². The van der Waals surface area contributed by atoms with E-state index in [2.05, 4.69) is 48.7 Å². The minimum atomic E-state index is -1.29. The van der Waals surface area contributed by atoms with Gasteiger partial charge in [0.25, 0.3) is 0 Å². The van der Waals surface area contributed by atoms with E-state index in [1.807, 2.05) is 6.92 Å². The molecule has 0 aromatic carbocycles. The average Bonchev–Trinajstić information content (AvgIpc) is 3.16. The predicted octanol–water partition coefficient (Wildman–Crippen LogP) is 12.1. The molecule has 0 aromatic heterocycles. The Labute approximate surface area is 328 Å². The van der Waals surface area contributed by atoms with Gasteiger partial charge in [-0.15, -0.1) is 0 Å². The molecule has 0 bridgehead atoms. The fraction of sp³-hybridized carbons (Fsp3) is 0.851. The molecule has 0 aliphatic carbocycles. The summed E-state index contributed by atoms with van der Waals surface area (Å²) < 4.78 is 0. The summed E-state index contributed by atoms with van der Waals surface area (Å²) in [6.45, 7) is 3.82. The third-order valence-electron chi connectivity index (χ3n) is 10.7. The second kappa shape index (κ2) is 41.7. The smallest absolute Gasteiger partial charge is 0.249 e. The zero-order valence-corrected chi connectivity index (χ0v) is 35.0. The molecule has 4 unspecified atom stereocenters. The predicted molar refractivity (Wildman–Crippen MR) is 228 cm³/mol. The van der Waals surface area contributed by atoms with E-state index in [0.717, 1.165) is 51.4 Å². The van der Waals surface area contributed by atoms with Crippen molar-refractivity contribution in [1.29, 1.82) is 0 Å². The number of hydrogen-bond acceptors (Lipinski definition) is 5. The fourth-order valence-corrected chi connectivity index (χ4v) is 7.03. The van der Waals surface area contributed by atoms with E-state index >= 15 is 0 Å². The third-order valence-corrected chi connectivity index (χ3v) is 10.7. The molecule has 312 valence electrons. The van der Waals surface area contributed by atoms with Crippen molar-refractivity contribution in [3.05, 3.63) is 36.5 Å². The van der Waals surface area contributed by atoms with Crippen LogP contribution in [0.4, 0.5) is 0 Å². The van der Waals surface area contributed by atoms with Crippen molar-refractivity contribution in [2.24, 2.45) is 0 Å². The van der Waals surface area contributed by atoms with Gasteiger partial charge < -0.3 is 25.7 Å². The highest BCUT2D eigenvalue weighted by molar-refractivity contribution is 5.80. The molecule has 1 amide bonds. The van der Waals surface area contributed by atoms with Crippen LogP contribution < -0.4 is 5.32 Å². The topological polar surface area (TPSA) is 110 Å². The first-order chi connectivity index (χ1) is 26.0. The highest BCUT2D eigenvalue weighted by Gasteiger charge is 2.28. The summed E-state index contributed by atoms with van der Waals surface area (Å²) in [5, 5.41) is 43.6. The van der Waals surface area contributed by atoms with Crippen molar-refractivity contribution >= 4 is 5.91 Å². The number of unbranched alkanes of at least 4 members (excludes halogenated alkanes) is 27. The van der Waals surface area contributed by atoms with Crippen LogP contribution in [-0.2, 0) is 4.79 Å². The second-order valence-electron chi connectivity index (χ2n) is 15.7. The first-order valence-corrected chi connectivity index (χ1v) is 22.8. The molecule has 0 saturated carbocycles. The number of rotatable bonds is 41. The minimum absolute atomic E-state index is 0.361. The molecular weight excluding hydrogens is 659 g/mol. The van der Waals surface area contributed by atoms with Crippen LogP contribution in [0.25, 0.3) is 0 Å². The summed E-state index contributed by atoms with van der Waals surface area (Å²) in [4.78, 5) is 12.5. The molecule has 0 spiro atoms. The van der Waals surface area contributed by atoms with Crippen molar-refractivity contribution in [3.8, 4) is 0 Å². The monoisotopic (exact) mass is 748 g/mol. The van der Waals surface area contributed by atoms with E-state index < -0.39 is 36.9 Å². The lowest BCUT2D eigenvalue weighted by atomic mass is 10.00. The number of carbonyl (C=O) groups is 1. The van der Waals surface area contributed by atoms with Crippen LogP contribution in [0.2, 0.25) is 0 Å². The third kappa shape index (κ3) is 36.0. The van der Waals surface area contributed by atoms with Gasteiger partial charge in [-0.1, -0.05) is 204 Å². The van der Waals surface area contributed by atoms with Gasteiger partial charge in [-0.05, 0) is 58.3 Å². The molecule has 0 saturated heterocycles. The van der Waals surface area contributed by atoms with E-state index in [1.54, 1.807) is 0 Å². The summed E-state index contributed by atoms with van der Waals surface area (Å²) in [5.74, 6) is -0.599. The lowest BCUT2D eigenvalue weighted by Gasteiger charge is -2.27. The van der Waals surface area contributed by atoms with E-state index in [4.69, 9.17) is 0 Å². The number of aliphatic hydroxyl groups is 4. The number of carbonyl (C=O) groups excluding carboxylic acids is 1. The Morgan fingerprint density at radius 3 is 1.23 bits per heavy atom. The molecule has 5 N–H and O–H groups in total. The summed E-state index contributed by atoms with van der Waals surface area (Å²) in [5.41, 5.74) is 0. The van der Waals surface area contributed by atoms with E-state index in [9.17, 15) is 25.2 Å². The van der Waals surface area contributed by atoms with E-state index in [-0.39, 0.29) is 0 Å². The summed E-state index contributed by atoms with van der Waals surface area (Å²) >= 11 is 0. The largest absolute Gasteiger partial charge is 0.394 e. The Bertz CT molecular complexity index is 843. The molecule has 0 fully saturated rings. The standard InChI is InChI=1S/C47H89NO5/c1-3-5-7-9-11-13-15-17-18-19-20-21-22-23-24-25-26-27-28-29-31-33-35-37-39-41-45(51)47(53)48-43(42-49)46(52)44(50)40-38-36-34-32-30-16-14-12-10-8-6-4-2/h4,6,12,14,32,34,43-46,49-52H,3,5,7-11,13,15-31,33,35-42H2,1-2H3,(H,48,53)/b6-4+,14-12+,34-32+. The Morgan fingerprint density at radius 1 is 0.491 bits per heavy atom. The van der Waals surface area contributed by atoms with Gasteiger partial charge in [0.2, 0.25) is 5.91 Å². The van der Waals surface area contributed by atoms with Crippen molar-refractivity contribution in [3.63, 3.8) is 0 Å². The Hall–Kier alpha value is -1.47. The fourth-order valence-electron chi connectivity index (χ4n) is 7.03. The Balaban J connectivity index is 3.66. The molecule has 0 rings (SSSR count). The molecule has 0 heterocycles. The molecule has 53 heavy (non-hydrogen) atoms. The van der Waals surface area contributed by atoms with Gasteiger partial charge in [0, 0.05) is 0 Å². The van der Waals surface area contributed by atoms with Gasteiger partial charge in [0.05, 0.1) is 18.8 Å². The van der Waals surface area contributed by atoms with Gasteiger partial charge in [0.15, 0.2) is 0 Å². The minimum Gasteiger partial charge on any atom is -0.394 e. The Kier molecular flexibility index (Phi) is 40.5. The first kappa shape index (κ1) is 51.5. The van der Waals surface area contributed by atoms with Crippen molar-refractivity contribution in [2.75, 3.05) is 6.61 Å².